The molecule has 0 saturated carbocycles. The summed E-state index contributed by atoms with van der Waals surface area (Å²) in [5, 5.41) is 8.61. The zero-order valence-electron chi connectivity index (χ0n) is 17.2. The fourth-order valence-corrected chi connectivity index (χ4v) is 3.75. The molecule has 0 bridgehead atoms. The quantitative estimate of drug-likeness (QED) is 0.587. The van der Waals surface area contributed by atoms with E-state index >= 15 is 0 Å². The van der Waals surface area contributed by atoms with Crippen molar-refractivity contribution in [1.82, 2.24) is 9.97 Å². The lowest BCUT2D eigenvalue weighted by Gasteiger charge is -2.18. The molecule has 152 valence electrons. The summed E-state index contributed by atoms with van der Waals surface area (Å²) in [5.74, 6) is 0. The second-order valence-electron chi connectivity index (χ2n) is 7.71. The number of benzene rings is 1. The van der Waals surface area contributed by atoms with Crippen LogP contribution in [0.5, 0.6) is 0 Å². The second-order valence-corrected chi connectivity index (χ2v) is 7.71. The van der Waals surface area contributed by atoms with Crippen molar-refractivity contribution in [2.75, 3.05) is 7.11 Å². The van der Waals surface area contributed by atoms with Gasteiger partial charge in [0.15, 0.2) is 0 Å². The normalized spacial score (nSPS) is 16.3. The molecule has 4 rings (SSSR count). The summed E-state index contributed by atoms with van der Waals surface area (Å²) < 4.78 is 5.20. The molecule has 0 amide bonds. The summed E-state index contributed by atoms with van der Waals surface area (Å²) in [6, 6.07) is 13.9. The van der Waals surface area contributed by atoms with Gasteiger partial charge in [0.25, 0.3) is 0 Å². The van der Waals surface area contributed by atoms with Gasteiger partial charge in [-0.2, -0.15) is 0 Å². The van der Waals surface area contributed by atoms with Crippen LogP contribution in [-0.2, 0) is 11.3 Å². The third-order valence-electron chi connectivity index (χ3n) is 5.50. The molecule has 30 heavy (non-hydrogen) atoms. The van der Waals surface area contributed by atoms with Crippen molar-refractivity contribution in [3.05, 3.63) is 83.7 Å². The maximum atomic E-state index is 8.61. The van der Waals surface area contributed by atoms with E-state index in [4.69, 9.17) is 20.9 Å². The van der Waals surface area contributed by atoms with Crippen molar-refractivity contribution in [3.8, 4) is 0 Å². The van der Waals surface area contributed by atoms with Gasteiger partial charge < -0.3 is 10.5 Å². The van der Waals surface area contributed by atoms with Crippen LogP contribution >= 0.6 is 0 Å². The van der Waals surface area contributed by atoms with Crippen LogP contribution in [0, 0.1) is 5.41 Å². The number of nitrogens with zero attached hydrogens (tertiary/aromatic N) is 2. The van der Waals surface area contributed by atoms with E-state index in [-0.39, 0.29) is 6.04 Å². The minimum absolute atomic E-state index is 0.253. The summed E-state index contributed by atoms with van der Waals surface area (Å²) in [5.41, 5.74) is 13.5. The lowest BCUT2D eigenvalue weighted by atomic mass is 9.92. The average molecular weight is 399 g/mol. The van der Waals surface area contributed by atoms with Gasteiger partial charge in [0.2, 0.25) is 0 Å². The van der Waals surface area contributed by atoms with Crippen LogP contribution in [0.3, 0.4) is 0 Å². The number of rotatable bonds is 6. The molecule has 0 fully saturated rings. The molecule has 1 unspecified atom stereocenters. The highest BCUT2D eigenvalue weighted by atomic mass is 16.5. The van der Waals surface area contributed by atoms with E-state index < -0.39 is 0 Å². The number of nitrogens with one attached hydrogen (secondary N) is 1. The van der Waals surface area contributed by atoms with Gasteiger partial charge >= 0.3 is 0 Å². The Labute approximate surface area is 176 Å². The van der Waals surface area contributed by atoms with Crippen LogP contribution in [-0.4, -0.2) is 28.8 Å². The Morgan fingerprint density at radius 3 is 2.87 bits per heavy atom. The van der Waals surface area contributed by atoms with Crippen molar-refractivity contribution >= 4 is 27.9 Å². The third-order valence-corrected chi connectivity index (χ3v) is 5.50. The first-order valence-electron chi connectivity index (χ1n) is 10.1. The number of hydrogen-bond acceptors (Lipinski definition) is 5. The van der Waals surface area contributed by atoms with Gasteiger partial charge in [-0.1, -0.05) is 30.9 Å². The van der Waals surface area contributed by atoms with Gasteiger partial charge in [0.05, 0.1) is 29.0 Å². The molecular weight excluding hydrogens is 372 g/mol. The Hall–Kier alpha value is -3.15. The fourth-order valence-electron chi connectivity index (χ4n) is 3.75. The van der Waals surface area contributed by atoms with E-state index in [1.165, 1.54) is 5.57 Å². The Balaban J connectivity index is 1.63. The Morgan fingerprint density at radius 2 is 2.10 bits per heavy atom. The molecule has 3 N–H and O–H groups in total. The van der Waals surface area contributed by atoms with Gasteiger partial charge in [0.1, 0.15) is 0 Å². The number of aromatic nitrogens is 2. The van der Waals surface area contributed by atoms with Crippen LogP contribution in [0.4, 0.5) is 0 Å². The number of fused-ring (bicyclic) bond motifs is 1. The number of pyridine rings is 2. The summed E-state index contributed by atoms with van der Waals surface area (Å²) in [4.78, 5) is 9.35. The van der Waals surface area contributed by atoms with Crippen LogP contribution in [0.25, 0.3) is 22.2 Å². The molecule has 0 spiro atoms. The number of nitrogens with two attached hydrogens (primary N) is 1. The molecular formula is C25H26N4O. The molecule has 1 atom stereocenters. The van der Waals surface area contributed by atoms with E-state index in [2.05, 4.69) is 23.7 Å². The lowest BCUT2D eigenvalue weighted by molar-refractivity contribution is 0.185. The summed E-state index contributed by atoms with van der Waals surface area (Å²) in [7, 11) is 1.66. The fraction of sp³-hybridized carbons (Fsp3) is 0.240. The topological polar surface area (TPSA) is 84.9 Å². The Bertz CT molecular complexity index is 1150. The van der Waals surface area contributed by atoms with E-state index in [9.17, 15) is 0 Å². The largest absolute Gasteiger partial charge is 0.380 e. The number of ether oxygens (including phenoxy) is 1. The summed E-state index contributed by atoms with van der Waals surface area (Å²) >= 11 is 0. The van der Waals surface area contributed by atoms with Crippen LogP contribution < -0.4 is 5.73 Å². The Kier molecular flexibility index (Phi) is 5.84. The van der Waals surface area contributed by atoms with Gasteiger partial charge in [-0.25, -0.2) is 4.98 Å². The first-order valence-corrected chi connectivity index (χ1v) is 10.1. The van der Waals surface area contributed by atoms with Crippen LogP contribution in [0.1, 0.15) is 41.6 Å². The van der Waals surface area contributed by atoms with Gasteiger partial charge in [0, 0.05) is 30.5 Å². The standard InChI is InChI=1S/C25H26N4O/c1-16(25(27)19-5-3-4-17(12-19)15-30-2)22-10-11-23-24(29-22)13-20(14-28-23)18-6-8-21(26)9-7-18/h3-6,10-14,21,27H,1,7-9,15,26H2,2H3. The zero-order valence-corrected chi connectivity index (χ0v) is 17.2. The molecule has 5 heteroatoms. The van der Waals surface area contributed by atoms with Crippen LogP contribution in [0.15, 0.2) is 61.3 Å². The molecule has 0 saturated heterocycles. The molecule has 5 nitrogen and oxygen atoms in total. The molecule has 1 aromatic carbocycles. The van der Waals surface area contributed by atoms with Gasteiger partial charge in [-0.05, 0) is 60.2 Å². The molecule has 1 aliphatic carbocycles. The average Bonchev–Trinajstić information content (AvgIpc) is 2.78. The number of methoxy groups -OCH3 is 1. The summed E-state index contributed by atoms with van der Waals surface area (Å²) in [6.45, 7) is 4.65. The second kappa shape index (κ2) is 8.69. The minimum Gasteiger partial charge on any atom is -0.380 e. The smallest absolute Gasteiger partial charge is 0.0900 e. The zero-order chi connectivity index (χ0) is 21.1. The van der Waals surface area contributed by atoms with Crippen molar-refractivity contribution in [3.63, 3.8) is 0 Å². The predicted octanol–water partition coefficient (Wildman–Crippen LogP) is 4.75. The summed E-state index contributed by atoms with van der Waals surface area (Å²) in [6.07, 6.45) is 6.97. The highest BCUT2D eigenvalue weighted by Gasteiger charge is 2.14. The molecule has 2 aromatic heterocycles. The van der Waals surface area contributed by atoms with E-state index in [0.29, 0.717) is 23.6 Å². The van der Waals surface area contributed by atoms with Crippen molar-refractivity contribution in [2.45, 2.75) is 31.9 Å². The number of hydrogen-bond donors (Lipinski definition) is 2. The SMILES string of the molecule is C=C(C(=N)c1cccc(COC)c1)c1ccc2ncc(C3=CCC(N)CC3)cc2n1. The first-order chi connectivity index (χ1) is 14.5. The number of allylic oxidation sites excluding steroid dienone is 2. The van der Waals surface area contributed by atoms with Gasteiger partial charge in [-0.3, -0.25) is 10.4 Å². The van der Waals surface area contributed by atoms with Crippen molar-refractivity contribution < 1.29 is 4.74 Å². The van der Waals surface area contributed by atoms with Gasteiger partial charge in [-0.15, -0.1) is 0 Å². The minimum atomic E-state index is 0.253. The molecule has 1 aliphatic rings. The third kappa shape index (κ3) is 4.22. The maximum Gasteiger partial charge on any atom is 0.0900 e. The van der Waals surface area contributed by atoms with E-state index in [1.807, 2.05) is 42.6 Å². The highest BCUT2D eigenvalue weighted by molar-refractivity contribution is 6.29. The monoisotopic (exact) mass is 398 g/mol. The van der Waals surface area contributed by atoms with E-state index in [0.717, 1.165) is 47.0 Å². The van der Waals surface area contributed by atoms with Crippen LogP contribution in [0.2, 0.25) is 0 Å². The van der Waals surface area contributed by atoms with Crippen molar-refractivity contribution in [2.24, 2.45) is 5.73 Å². The lowest BCUT2D eigenvalue weighted by Crippen LogP contribution is -2.21. The van der Waals surface area contributed by atoms with E-state index in [1.54, 1.807) is 7.11 Å². The first kappa shape index (κ1) is 20.1. The molecule has 3 aromatic rings. The molecule has 0 aliphatic heterocycles. The maximum absolute atomic E-state index is 8.61. The highest BCUT2D eigenvalue weighted by Crippen LogP contribution is 2.28. The molecule has 2 heterocycles. The van der Waals surface area contributed by atoms with Crippen molar-refractivity contribution in [1.29, 1.82) is 5.41 Å². The Morgan fingerprint density at radius 1 is 1.23 bits per heavy atom. The molecule has 0 radical (unpaired) electrons. The predicted molar refractivity (Wildman–Crippen MR) is 122 cm³/mol.